The number of hydrogen-bond donors (Lipinski definition) is 5. The quantitative estimate of drug-likeness (QED) is 0.272. The van der Waals surface area contributed by atoms with Crippen molar-refractivity contribution in [3.63, 3.8) is 0 Å². The molecule has 12 nitrogen and oxygen atoms in total. The second kappa shape index (κ2) is 10.9. The molecule has 7 rings (SSSR count). The average molecular weight is 621 g/mol. The highest BCUT2D eigenvalue weighted by molar-refractivity contribution is 5.82. The highest BCUT2D eigenvalue weighted by Gasteiger charge is 2.58. The summed E-state index contributed by atoms with van der Waals surface area (Å²) in [6, 6.07) is 13.1. The summed E-state index contributed by atoms with van der Waals surface area (Å²) in [7, 11) is 3.08. The molecule has 1 fully saturated rings. The Kier molecular flexibility index (Phi) is 7.14. The van der Waals surface area contributed by atoms with Crippen molar-refractivity contribution in [1.29, 1.82) is 0 Å². The molecule has 3 aromatic carbocycles. The predicted molar refractivity (Wildman–Crippen MR) is 157 cm³/mol. The number of aliphatic carboxylic acids is 1. The summed E-state index contributed by atoms with van der Waals surface area (Å²) in [5, 5.41) is 51.3. The third-order valence-electron chi connectivity index (χ3n) is 8.91. The first-order valence-corrected chi connectivity index (χ1v) is 14.5. The lowest BCUT2D eigenvalue weighted by Crippen LogP contribution is -2.67. The van der Waals surface area contributed by atoms with Gasteiger partial charge in [-0.25, -0.2) is 4.79 Å². The molecule has 5 N–H and O–H groups in total. The van der Waals surface area contributed by atoms with Crippen LogP contribution in [0.15, 0.2) is 48.5 Å². The van der Waals surface area contributed by atoms with Gasteiger partial charge in [0.1, 0.15) is 29.8 Å². The van der Waals surface area contributed by atoms with Crippen LogP contribution in [0, 0.1) is 0 Å². The monoisotopic (exact) mass is 620 g/mol. The van der Waals surface area contributed by atoms with Crippen molar-refractivity contribution < 1.29 is 58.7 Å². The molecule has 3 aromatic rings. The zero-order valence-corrected chi connectivity index (χ0v) is 24.4. The number of aliphatic hydroxyl groups excluding tert-OH is 4. The van der Waals surface area contributed by atoms with E-state index in [1.165, 1.54) is 20.3 Å². The van der Waals surface area contributed by atoms with Gasteiger partial charge in [0.2, 0.25) is 5.75 Å². The molecule has 7 unspecified atom stereocenters. The smallest absolute Gasteiger partial charge is 0.335 e. The molecule has 0 aromatic heterocycles. The highest BCUT2D eigenvalue weighted by atomic mass is 16.7. The Morgan fingerprint density at radius 1 is 1.02 bits per heavy atom. The SMILES string of the molecule is COc1cc(CCO)c2c(c1OC)OC1c3c(-c4ccccc4)cc4c(c3OCC21)C=CC1(O4)OC(C(=O)O)C(O)C(O)C1O. The largest absolute Gasteiger partial charge is 0.493 e. The number of aliphatic hydroxyl groups is 4. The molecule has 4 aliphatic heterocycles. The first-order chi connectivity index (χ1) is 21.7. The standard InChI is InChI=1S/C33H32O12/c1-40-21-12-16(9-11-34)22-19-14-42-26-17-8-10-33(31(37)25(36)24(35)30(45-33)32(38)39)44-20(17)13-18(15-6-4-3-5-7-15)23(26)27(19)43-29(22)28(21)41-2/h3-8,10,12-13,19,24-25,27,30-31,34-37H,9,11,14H2,1-2H3,(H,38,39). The van der Waals surface area contributed by atoms with Crippen molar-refractivity contribution in [2.75, 3.05) is 27.4 Å². The Balaban J connectivity index is 1.39. The molecule has 1 spiro atoms. The van der Waals surface area contributed by atoms with E-state index in [9.17, 15) is 30.3 Å². The van der Waals surface area contributed by atoms with Gasteiger partial charge < -0.3 is 54.0 Å². The van der Waals surface area contributed by atoms with Crippen LogP contribution in [0.1, 0.15) is 34.3 Å². The second-order valence-corrected chi connectivity index (χ2v) is 11.3. The van der Waals surface area contributed by atoms with Crippen molar-refractivity contribution in [3.05, 3.63) is 70.8 Å². The number of methoxy groups -OCH3 is 2. The lowest BCUT2D eigenvalue weighted by molar-refractivity contribution is -0.309. The summed E-state index contributed by atoms with van der Waals surface area (Å²) in [4.78, 5) is 11.8. The molecule has 0 aliphatic carbocycles. The normalized spacial score (nSPS) is 28.9. The second-order valence-electron chi connectivity index (χ2n) is 11.3. The van der Waals surface area contributed by atoms with Gasteiger partial charge >= 0.3 is 5.97 Å². The third kappa shape index (κ3) is 4.36. The molecule has 4 aliphatic rings. The number of carboxylic acids is 1. The van der Waals surface area contributed by atoms with Crippen molar-refractivity contribution >= 4 is 12.0 Å². The van der Waals surface area contributed by atoms with E-state index in [-0.39, 0.29) is 24.9 Å². The Labute approximate surface area is 257 Å². The number of carbonyl (C=O) groups is 1. The minimum absolute atomic E-state index is 0.0776. The minimum atomic E-state index is -2.10. The van der Waals surface area contributed by atoms with Crippen LogP contribution in [0.25, 0.3) is 17.2 Å². The molecule has 0 radical (unpaired) electrons. The van der Waals surface area contributed by atoms with Crippen LogP contribution in [0.3, 0.4) is 0 Å². The van der Waals surface area contributed by atoms with Gasteiger partial charge in [0.25, 0.3) is 5.79 Å². The van der Waals surface area contributed by atoms with E-state index in [1.54, 1.807) is 12.1 Å². The van der Waals surface area contributed by atoms with Gasteiger partial charge in [0.15, 0.2) is 23.7 Å². The molecule has 236 valence electrons. The van der Waals surface area contributed by atoms with Gasteiger partial charge in [-0.2, -0.15) is 0 Å². The maximum absolute atomic E-state index is 11.8. The van der Waals surface area contributed by atoms with Crippen LogP contribution >= 0.6 is 0 Å². The maximum atomic E-state index is 11.8. The zero-order valence-electron chi connectivity index (χ0n) is 24.4. The number of carboxylic acid groups (broad SMARTS) is 1. The predicted octanol–water partition coefficient (Wildman–Crippen LogP) is 2.18. The van der Waals surface area contributed by atoms with E-state index in [0.29, 0.717) is 40.5 Å². The molecule has 0 amide bonds. The Hall–Kier alpha value is -4.33. The average Bonchev–Trinajstić information content (AvgIpc) is 3.45. The summed E-state index contributed by atoms with van der Waals surface area (Å²) >= 11 is 0. The molecule has 4 heterocycles. The van der Waals surface area contributed by atoms with Gasteiger partial charge in [0, 0.05) is 17.7 Å². The molecular weight excluding hydrogens is 588 g/mol. The van der Waals surface area contributed by atoms with Gasteiger partial charge in [-0.1, -0.05) is 30.3 Å². The number of benzene rings is 3. The fourth-order valence-electron chi connectivity index (χ4n) is 6.81. The number of fused-ring (bicyclic) bond motifs is 7. The Bertz CT molecular complexity index is 1690. The minimum Gasteiger partial charge on any atom is -0.493 e. The molecule has 0 bridgehead atoms. The van der Waals surface area contributed by atoms with E-state index in [0.717, 1.165) is 22.3 Å². The van der Waals surface area contributed by atoms with Crippen molar-refractivity contribution in [1.82, 2.24) is 0 Å². The first-order valence-electron chi connectivity index (χ1n) is 14.5. The van der Waals surface area contributed by atoms with E-state index in [4.69, 9.17) is 28.4 Å². The third-order valence-corrected chi connectivity index (χ3v) is 8.91. The first kappa shape index (κ1) is 29.4. The van der Waals surface area contributed by atoms with Crippen molar-refractivity contribution in [3.8, 4) is 39.9 Å². The fraction of sp³-hybridized carbons (Fsp3) is 0.364. The van der Waals surface area contributed by atoms with Crippen LogP contribution in [-0.2, 0) is 16.0 Å². The van der Waals surface area contributed by atoms with Crippen LogP contribution < -0.4 is 23.7 Å². The van der Waals surface area contributed by atoms with Gasteiger partial charge in [0.05, 0.1) is 32.3 Å². The molecule has 45 heavy (non-hydrogen) atoms. The van der Waals surface area contributed by atoms with E-state index in [2.05, 4.69) is 0 Å². The van der Waals surface area contributed by atoms with E-state index in [1.807, 2.05) is 36.4 Å². The molecule has 1 saturated heterocycles. The van der Waals surface area contributed by atoms with Crippen LogP contribution in [0.4, 0.5) is 0 Å². The van der Waals surface area contributed by atoms with E-state index < -0.39 is 42.3 Å². The fourth-order valence-corrected chi connectivity index (χ4v) is 6.81. The van der Waals surface area contributed by atoms with Crippen LogP contribution in [-0.4, -0.2) is 89.1 Å². The number of hydrogen-bond acceptors (Lipinski definition) is 11. The highest BCUT2D eigenvalue weighted by Crippen LogP contribution is 2.61. The molecule has 0 saturated carbocycles. The summed E-state index contributed by atoms with van der Waals surface area (Å²) < 4.78 is 36.4. The van der Waals surface area contributed by atoms with Crippen molar-refractivity contribution in [2.45, 2.75) is 48.6 Å². The lowest BCUT2D eigenvalue weighted by Gasteiger charge is -2.47. The van der Waals surface area contributed by atoms with Crippen molar-refractivity contribution in [2.24, 2.45) is 0 Å². The topological polar surface area (TPSA) is 174 Å². The maximum Gasteiger partial charge on any atom is 0.335 e. The Morgan fingerprint density at radius 2 is 1.80 bits per heavy atom. The summed E-state index contributed by atoms with van der Waals surface area (Å²) in [5.74, 6) is -1.79. The molecule has 12 heteroatoms. The molecular formula is C33H32O12. The number of rotatable bonds is 6. The zero-order chi connectivity index (χ0) is 31.6. The lowest BCUT2D eigenvalue weighted by atomic mass is 9.81. The summed E-state index contributed by atoms with van der Waals surface area (Å²) in [5.41, 5.74) is 4.44. The molecule has 7 atom stereocenters. The summed E-state index contributed by atoms with van der Waals surface area (Å²) in [6.07, 6.45) is -4.66. The summed E-state index contributed by atoms with van der Waals surface area (Å²) in [6.45, 7) is 0.138. The van der Waals surface area contributed by atoms with Gasteiger partial charge in [-0.05, 0) is 47.4 Å². The number of ether oxygens (including phenoxy) is 6. The van der Waals surface area contributed by atoms with E-state index >= 15 is 0 Å². The van der Waals surface area contributed by atoms with Gasteiger partial charge in [-0.15, -0.1) is 0 Å². The van der Waals surface area contributed by atoms with Crippen LogP contribution in [0.2, 0.25) is 0 Å². The Morgan fingerprint density at radius 3 is 2.49 bits per heavy atom. The van der Waals surface area contributed by atoms with Gasteiger partial charge in [-0.3, -0.25) is 0 Å². The van der Waals surface area contributed by atoms with Crippen LogP contribution in [0.5, 0.6) is 28.7 Å².